The van der Waals surface area contributed by atoms with Gasteiger partial charge in [-0.05, 0) is 28.8 Å². The van der Waals surface area contributed by atoms with E-state index < -0.39 is 5.92 Å². The zero-order valence-electron chi connectivity index (χ0n) is 13.5. The van der Waals surface area contributed by atoms with Gasteiger partial charge in [0, 0.05) is 4.47 Å². The van der Waals surface area contributed by atoms with Gasteiger partial charge in [0.25, 0.3) is 5.91 Å². The summed E-state index contributed by atoms with van der Waals surface area (Å²) in [6.07, 6.45) is 1.64. The molecule has 0 atom stereocenters. The highest BCUT2D eigenvalue weighted by Crippen LogP contribution is 2.24. The Morgan fingerprint density at radius 2 is 1.36 bits per heavy atom. The second-order valence-corrected chi connectivity index (χ2v) is 6.46. The van der Waals surface area contributed by atoms with Crippen LogP contribution in [-0.4, -0.2) is 12.1 Å². The Balaban J connectivity index is 1.79. The van der Waals surface area contributed by atoms with Crippen molar-refractivity contribution in [3.05, 3.63) is 106 Å². The van der Waals surface area contributed by atoms with E-state index in [1.807, 2.05) is 84.9 Å². The monoisotopic (exact) mass is 392 g/mol. The summed E-state index contributed by atoms with van der Waals surface area (Å²) in [6, 6.07) is 27.1. The summed E-state index contributed by atoms with van der Waals surface area (Å²) >= 11 is 3.39. The fraction of sp³-hybridized carbons (Fsp3) is 0.0476. The fourth-order valence-corrected chi connectivity index (χ4v) is 2.83. The summed E-state index contributed by atoms with van der Waals surface area (Å²) in [6.45, 7) is 0. The Bertz CT molecular complexity index is 807. The number of halogens is 1. The lowest BCUT2D eigenvalue weighted by Crippen LogP contribution is -2.26. The standard InChI is InChI=1S/C21H17BrN2O/c22-19-13-11-16(12-14-19)15-23-24-21(25)20(17-7-3-1-4-8-17)18-9-5-2-6-10-18/h1-15,20H,(H,24,25)/b23-15-. The first kappa shape index (κ1) is 17.1. The maximum atomic E-state index is 12.8. The molecule has 3 aromatic rings. The summed E-state index contributed by atoms with van der Waals surface area (Å²) in [5.74, 6) is -0.560. The Kier molecular flexibility index (Phi) is 5.75. The molecular formula is C21H17BrN2O. The number of amides is 1. The molecule has 0 saturated carbocycles. The molecule has 4 heteroatoms. The van der Waals surface area contributed by atoms with E-state index in [4.69, 9.17) is 0 Å². The van der Waals surface area contributed by atoms with E-state index in [9.17, 15) is 4.79 Å². The van der Waals surface area contributed by atoms with Crippen molar-refractivity contribution in [2.75, 3.05) is 0 Å². The third-order valence-electron chi connectivity index (χ3n) is 3.79. The largest absolute Gasteiger partial charge is 0.272 e. The van der Waals surface area contributed by atoms with Crippen molar-refractivity contribution in [2.45, 2.75) is 5.92 Å². The van der Waals surface area contributed by atoms with Crippen LogP contribution in [0.25, 0.3) is 0 Å². The van der Waals surface area contributed by atoms with Gasteiger partial charge < -0.3 is 0 Å². The van der Waals surface area contributed by atoms with Gasteiger partial charge in [-0.1, -0.05) is 88.7 Å². The smallest absolute Gasteiger partial charge is 0.252 e. The number of hydrazone groups is 1. The highest BCUT2D eigenvalue weighted by Gasteiger charge is 2.22. The molecule has 124 valence electrons. The normalized spacial score (nSPS) is 11.0. The highest BCUT2D eigenvalue weighted by atomic mass is 79.9. The summed E-state index contributed by atoms with van der Waals surface area (Å²) in [7, 11) is 0. The number of hydrogen-bond donors (Lipinski definition) is 1. The van der Waals surface area contributed by atoms with E-state index in [1.54, 1.807) is 6.21 Å². The first-order valence-electron chi connectivity index (χ1n) is 7.92. The molecule has 3 aromatic carbocycles. The molecule has 0 fully saturated rings. The Hall–Kier alpha value is -2.72. The van der Waals surface area contributed by atoms with Crippen LogP contribution >= 0.6 is 15.9 Å². The fourth-order valence-electron chi connectivity index (χ4n) is 2.57. The van der Waals surface area contributed by atoms with Crippen LogP contribution in [0.5, 0.6) is 0 Å². The van der Waals surface area contributed by atoms with E-state index in [1.165, 1.54) is 0 Å². The second kappa shape index (κ2) is 8.40. The summed E-state index contributed by atoms with van der Waals surface area (Å²) < 4.78 is 1.00. The summed E-state index contributed by atoms with van der Waals surface area (Å²) in [5, 5.41) is 4.10. The molecule has 0 saturated heterocycles. The van der Waals surface area contributed by atoms with Crippen molar-refractivity contribution in [2.24, 2.45) is 5.10 Å². The van der Waals surface area contributed by atoms with E-state index in [2.05, 4.69) is 26.5 Å². The van der Waals surface area contributed by atoms with E-state index in [0.717, 1.165) is 21.2 Å². The van der Waals surface area contributed by atoms with Crippen LogP contribution in [0.15, 0.2) is 94.5 Å². The lowest BCUT2D eigenvalue weighted by atomic mass is 9.91. The van der Waals surface area contributed by atoms with Crippen LogP contribution in [0.3, 0.4) is 0 Å². The Morgan fingerprint density at radius 1 is 0.840 bits per heavy atom. The molecule has 1 N–H and O–H groups in total. The Labute approximate surface area is 155 Å². The number of nitrogens with zero attached hydrogens (tertiary/aromatic N) is 1. The molecule has 0 aliphatic heterocycles. The third-order valence-corrected chi connectivity index (χ3v) is 4.32. The molecule has 0 radical (unpaired) electrons. The van der Waals surface area contributed by atoms with Crippen molar-refractivity contribution in [3.8, 4) is 0 Å². The minimum absolute atomic E-state index is 0.161. The van der Waals surface area contributed by atoms with Gasteiger partial charge in [-0.25, -0.2) is 5.43 Å². The Morgan fingerprint density at radius 3 is 1.88 bits per heavy atom. The molecule has 3 rings (SSSR count). The lowest BCUT2D eigenvalue weighted by molar-refractivity contribution is -0.121. The second-order valence-electron chi connectivity index (χ2n) is 5.54. The third kappa shape index (κ3) is 4.64. The van der Waals surface area contributed by atoms with Gasteiger partial charge in [-0.15, -0.1) is 0 Å². The highest BCUT2D eigenvalue weighted by molar-refractivity contribution is 9.10. The van der Waals surface area contributed by atoms with E-state index in [0.29, 0.717) is 0 Å². The van der Waals surface area contributed by atoms with Crippen molar-refractivity contribution in [1.82, 2.24) is 5.43 Å². The van der Waals surface area contributed by atoms with Crippen LogP contribution in [0.1, 0.15) is 22.6 Å². The molecule has 0 unspecified atom stereocenters. The van der Waals surface area contributed by atoms with Crippen LogP contribution < -0.4 is 5.43 Å². The van der Waals surface area contributed by atoms with Crippen molar-refractivity contribution in [1.29, 1.82) is 0 Å². The van der Waals surface area contributed by atoms with Crippen LogP contribution in [-0.2, 0) is 4.79 Å². The topological polar surface area (TPSA) is 41.5 Å². The molecule has 3 nitrogen and oxygen atoms in total. The van der Waals surface area contributed by atoms with Crippen LogP contribution in [0.4, 0.5) is 0 Å². The minimum atomic E-state index is -0.399. The number of carbonyl (C=O) groups excluding carboxylic acids is 1. The van der Waals surface area contributed by atoms with Gasteiger partial charge in [0.15, 0.2) is 0 Å². The minimum Gasteiger partial charge on any atom is -0.272 e. The molecule has 25 heavy (non-hydrogen) atoms. The van der Waals surface area contributed by atoms with Gasteiger partial charge in [-0.2, -0.15) is 5.10 Å². The molecule has 0 aliphatic carbocycles. The molecule has 0 aliphatic rings. The predicted molar refractivity (Wildman–Crippen MR) is 105 cm³/mol. The van der Waals surface area contributed by atoms with Crippen LogP contribution in [0, 0.1) is 0 Å². The van der Waals surface area contributed by atoms with Crippen molar-refractivity contribution in [3.63, 3.8) is 0 Å². The van der Waals surface area contributed by atoms with Crippen molar-refractivity contribution >= 4 is 28.1 Å². The van der Waals surface area contributed by atoms with Gasteiger partial charge in [0.2, 0.25) is 0 Å². The zero-order valence-corrected chi connectivity index (χ0v) is 15.1. The molecule has 0 aromatic heterocycles. The maximum Gasteiger partial charge on any atom is 0.252 e. The van der Waals surface area contributed by atoms with Gasteiger partial charge in [0.1, 0.15) is 0 Å². The van der Waals surface area contributed by atoms with Gasteiger partial charge >= 0.3 is 0 Å². The summed E-state index contributed by atoms with van der Waals surface area (Å²) in [5.41, 5.74) is 5.45. The average molecular weight is 393 g/mol. The zero-order chi connectivity index (χ0) is 17.5. The number of carbonyl (C=O) groups is 1. The van der Waals surface area contributed by atoms with Gasteiger partial charge in [-0.3, -0.25) is 4.79 Å². The number of hydrogen-bond acceptors (Lipinski definition) is 2. The van der Waals surface area contributed by atoms with E-state index in [-0.39, 0.29) is 5.91 Å². The summed E-state index contributed by atoms with van der Waals surface area (Å²) in [4.78, 5) is 12.8. The molecular weight excluding hydrogens is 376 g/mol. The SMILES string of the molecule is O=C(N/N=C\c1ccc(Br)cc1)C(c1ccccc1)c1ccccc1. The molecule has 0 bridgehead atoms. The number of nitrogens with one attached hydrogen (secondary N) is 1. The van der Waals surface area contributed by atoms with Gasteiger partial charge in [0.05, 0.1) is 12.1 Å². The first-order valence-corrected chi connectivity index (χ1v) is 8.72. The number of benzene rings is 3. The number of rotatable bonds is 5. The van der Waals surface area contributed by atoms with Crippen molar-refractivity contribution < 1.29 is 4.79 Å². The molecule has 0 spiro atoms. The predicted octanol–water partition coefficient (Wildman–Crippen LogP) is 4.73. The average Bonchev–Trinajstić information content (AvgIpc) is 2.65. The lowest BCUT2D eigenvalue weighted by Gasteiger charge is -2.16. The molecule has 1 amide bonds. The van der Waals surface area contributed by atoms with Crippen LogP contribution in [0.2, 0.25) is 0 Å². The molecule has 0 heterocycles. The quantitative estimate of drug-likeness (QED) is 0.494. The van der Waals surface area contributed by atoms with E-state index >= 15 is 0 Å². The maximum absolute atomic E-state index is 12.8. The first-order chi connectivity index (χ1) is 12.2.